The topological polar surface area (TPSA) is 99.5 Å². The maximum atomic E-state index is 12.6. The third-order valence-corrected chi connectivity index (χ3v) is 4.16. The van der Waals surface area contributed by atoms with Crippen LogP contribution in [0.5, 0.6) is 0 Å². The number of carbonyl (C=O) groups excluding carboxylic acids is 3. The number of aromatic nitrogens is 2. The largest absolute Gasteiger partial charge is 0.464 e. The highest BCUT2D eigenvalue weighted by molar-refractivity contribution is 6.05. The first-order valence-electron chi connectivity index (χ1n) is 8.70. The van der Waals surface area contributed by atoms with E-state index in [9.17, 15) is 14.4 Å². The van der Waals surface area contributed by atoms with E-state index >= 15 is 0 Å². The molecule has 3 rings (SSSR count). The summed E-state index contributed by atoms with van der Waals surface area (Å²) in [6.07, 6.45) is 3.00. The second kappa shape index (κ2) is 8.83. The molecule has 0 aliphatic carbocycles. The lowest BCUT2D eigenvalue weighted by Gasteiger charge is -2.07. The van der Waals surface area contributed by atoms with Crippen LogP contribution >= 0.6 is 0 Å². The van der Waals surface area contributed by atoms with Crippen LogP contribution in [0.25, 0.3) is 0 Å². The number of nitrogens with one attached hydrogen (secondary N) is 1. The van der Waals surface area contributed by atoms with E-state index in [4.69, 9.17) is 4.74 Å². The monoisotopic (exact) mass is 393 g/mol. The number of carbonyl (C=O) groups is 3. The Morgan fingerprint density at radius 3 is 2.41 bits per heavy atom. The normalized spacial score (nSPS) is 10.3. The zero-order valence-electron chi connectivity index (χ0n) is 15.9. The van der Waals surface area contributed by atoms with Gasteiger partial charge in [-0.15, -0.1) is 0 Å². The summed E-state index contributed by atoms with van der Waals surface area (Å²) in [6, 6.07) is 13.9. The summed E-state index contributed by atoms with van der Waals surface area (Å²) in [5, 5.41) is 2.72. The van der Waals surface area contributed by atoms with E-state index in [1.807, 2.05) is 30.3 Å². The number of ether oxygens (including phenoxy) is 2. The summed E-state index contributed by atoms with van der Waals surface area (Å²) in [7, 11) is 2.53. The fourth-order valence-electron chi connectivity index (χ4n) is 2.76. The van der Waals surface area contributed by atoms with Gasteiger partial charge in [-0.05, 0) is 23.8 Å². The second-order valence-corrected chi connectivity index (χ2v) is 6.09. The van der Waals surface area contributed by atoms with Crippen LogP contribution in [0.2, 0.25) is 0 Å². The Balaban J connectivity index is 1.84. The van der Waals surface area contributed by atoms with Gasteiger partial charge in [0.2, 0.25) is 0 Å². The fraction of sp³-hybridized carbons (Fsp3) is 0.143. The van der Waals surface area contributed by atoms with Crippen molar-refractivity contribution in [3.05, 3.63) is 83.4 Å². The van der Waals surface area contributed by atoms with E-state index in [2.05, 4.69) is 15.0 Å². The van der Waals surface area contributed by atoms with E-state index in [1.54, 1.807) is 10.8 Å². The number of anilines is 1. The molecule has 1 N–H and O–H groups in total. The SMILES string of the molecule is COC(=O)c1cc(C(=O)Nc2cc(C(=O)OC)n(Cc3ccccc3)c2)ccn1. The number of nitrogens with zero attached hydrogens (tertiary/aromatic N) is 2. The Morgan fingerprint density at radius 1 is 1.00 bits per heavy atom. The van der Waals surface area contributed by atoms with Gasteiger partial charge >= 0.3 is 11.9 Å². The number of esters is 2. The lowest BCUT2D eigenvalue weighted by atomic mass is 10.2. The summed E-state index contributed by atoms with van der Waals surface area (Å²) in [6.45, 7) is 0.433. The predicted octanol–water partition coefficient (Wildman–Crippen LogP) is 2.76. The van der Waals surface area contributed by atoms with Crippen LogP contribution in [-0.4, -0.2) is 41.6 Å². The number of benzene rings is 1. The van der Waals surface area contributed by atoms with Crippen LogP contribution in [0, 0.1) is 0 Å². The molecular formula is C21H19N3O5. The molecule has 2 aromatic heterocycles. The van der Waals surface area contributed by atoms with Gasteiger partial charge < -0.3 is 19.4 Å². The smallest absolute Gasteiger partial charge is 0.356 e. The van der Waals surface area contributed by atoms with Gasteiger partial charge in [-0.1, -0.05) is 30.3 Å². The van der Waals surface area contributed by atoms with Crippen molar-refractivity contribution >= 4 is 23.5 Å². The van der Waals surface area contributed by atoms with Crippen LogP contribution in [0.4, 0.5) is 5.69 Å². The van der Waals surface area contributed by atoms with Gasteiger partial charge in [-0.25, -0.2) is 14.6 Å². The molecule has 2 heterocycles. The van der Waals surface area contributed by atoms with Crippen molar-refractivity contribution in [3.8, 4) is 0 Å². The molecule has 0 fully saturated rings. The van der Waals surface area contributed by atoms with Crippen LogP contribution in [0.1, 0.15) is 36.9 Å². The molecule has 1 amide bonds. The third kappa shape index (κ3) is 4.67. The maximum absolute atomic E-state index is 12.6. The second-order valence-electron chi connectivity index (χ2n) is 6.09. The Hall–Kier alpha value is -3.94. The number of hydrogen-bond donors (Lipinski definition) is 1. The standard InChI is InChI=1S/C21H19N3O5/c1-28-20(26)17-10-15(8-9-22-17)19(25)23-16-11-18(21(27)29-2)24(13-16)12-14-6-4-3-5-7-14/h3-11,13H,12H2,1-2H3,(H,23,25). The molecule has 29 heavy (non-hydrogen) atoms. The molecule has 148 valence electrons. The number of rotatable bonds is 6. The van der Waals surface area contributed by atoms with Gasteiger partial charge in [-0.3, -0.25) is 4.79 Å². The van der Waals surface area contributed by atoms with E-state index in [-0.39, 0.29) is 11.3 Å². The van der Waals surface area contributed by atoms with Crippen LogP contribution in [0.3, 0.4) is 0 Å². The van der Waals surface area contributed by atoms with Crippen molar-refractivity contribution in [2.45, 2.75) is 6.54 Å². The van der Waals surface area contributed by atoms with Gasteiger partial charge in [-0.2, -0.15) is 0 Å². The molecule has 0 atom stereocenters. The first kappa shape index (κ1) is 19.8. The molecule has 0 aliphatic rings. The first-order chi connectivity index (χ1) is 14.0. The Kier molecular flexibility index (Phi) is 6.03. The van der Waals surface area contributed by atoms with E-state index in [1.165, 1.54) is 38.6 Å². The number of hydrogen-bond acceptors (Lipinski definition) is 6. The Morgan fingerprint density at radius 2 is 1.72 bits per heavy atom. The zero-order valence-corrected chi connectivity index (χ0v) is 15.9. The fourth-order valence-corrected chi connectivity index (χ4v) is 2.76. The van der Waals surface area contributed by atoms with Crippen LogP contribution in [0.15, 0.2) is 60.9 Å². The van der Waals surface area contributed by atoms with Gasteiger partial charge in [0.05, 0.1) is 19.9 Å². The third-order valence-electron chi connectivity index (χ3n) is 4.16. The minimum Gasteiger partial charge on any atom is -0.464 e. The van der Waals surface area contributed by atoms with Gasteiger partial charge in [0.15, 0.2) is 0 Å². The number of pyridine rings is 1. The molecule has 0 bridgehead atoms. The highest BCUT2D eigenvalue weighted by Crippen LogP contribution is 2.18. The summed E-state index contributed by atoms with van der Waals surface area (Å²) >= 11 is 0. The minimum atomic E-state index is -0.637. The quantitative estimate of drug-likeness (QED) is 0.647. The van der Waals surface area contributed by atoms with Gasteiger partial charge in [0.25, 0.3) is 5.91 Å². The molecule has 8 heteroatoms. The van der Waals surface area contributed by atoms with Crippen LogP contribution in [-0.2, 0) is 16.0 Å². The maximum Gasteiger partial charge on any atom is 0.356 e. The zero-order chi connectivity index (χ0) is 20.8. The molecule has 0 unspecified atom stereocenters. The lowest BCUT2D eigenvalue weighted by Crippen LogP contribution is -2.13. The van der Waals surface area contributed by atoms with Crippen molar-refractivity contribution in [1.82, 2.24) is 9.55 Å². The van der Waals surface area contributed by atoms with E-state index in [0.29, 0.717) is 17.9 Å². The highest BCUT2D eigenvalue weighted by Gasteiger charge is 2.17. The van der Waals surface area contributed by atoms with Crippen molar-refractivity contribution in [3.63, 3.8) is 0 Å². The van der Waals surface area contributed by atoms with Crippen molar-refractivity contribution in [1.29, 1.82) is 0 Å². The molecule has 0 radical (unpaired) electrons. The molecule has 0 spiro atoms. The number of amides is 1. The van der Waals surface area contributed by atoms with Crippen molar-refractivity contribution < 1.29 is 23.9 Å². The molecule has 8 nitrogen and oxygen atoms in total. The summed E-state index contributed by atoms with van der Waals surface area (Å²) < 4.78 is 11.2. The van der Waals surface area contributed by atoms with E-state index in [0.717, 1.165) is 5.56 Å². The lowest BCUT2D eigenvalue weighted by molar-refractivity contribution is 0.0582. The van der Waals surface area contributed by atoms with E-state index < -0.39 is 17.8 Å². The summed E-state index contributed by atoms with van der Waals surface area (Å²) in [5.41, 5.74) is 1.97. The first-order valence-corrected chi connectivity index (χ1v) is 8.70. The van der Waals surface area contributed by atoms with Crippen molar-refractivity contribution in [2.24, 2.45) is 0 Å². The van der Waals surface area contributed by atoms with Crippen LogP contribution < -0.4 is 5.32 Å². The summed E-state index contributed by atoms with van der Waals surface area (Å²) in [5.74, 6) is -1.61. The Bertz CT molecular complexity index is 1040. The Labute approximate surface area is 167 Å². The van der Waals surface area contributed by atoms with Crippen molar-refractivity contribution in [2.75, 3.05) is 19.5 Å². The molecule has 0 aliphatic heterocycles. The van der Waals surface area contributed by atoms with Gasteiger partial charge in [0.1, 0.15) is 11.4 Å². The molecule has 3 aromatic rings. The van der Waals surface area contributed by atoms with Gasteiger partial charge in [0, 0.05) is 24.5 Å². The minimum absolute atomic E-state index is 0.0250. The molecular weight excluding hydrogens is 374 g/mol. The average molecular weight is 393 g/mol. The molecule has 1 aromatic carbocycles. The average Bonchev–Trinajstić information content (AvgIpc) is 3.15. The molecule has 0 saturated carbocycles. The number of methoxy groups -OCH3 is 2. The predicted molar refractivity (Wildman–Crippen MR) is 105 cm³/mol. The molecule has 0 saturated heterocycles. The summed E-state index contributed by atoms with van der Waals surface area (Å²) in [4.78, 5) is 40.2. The highest BCUT2D eigenvalue weighted by atomic mass is 16.5.